The zero-order valence-electron chi connectivity index (χ0n) is 17.3. The van der Waals surface area contributed by atoms with Gasteiger partial charge in [0, 0.05) is 6.42 Å². The number of benzene rings is 2. The predicted octanol–water partition coefficient (Wildman–Crippen LogP) is 4.46. The highest BCUT2D eigenvalue weighted by Gasteiger charge is 2.24. The summed E-state index contributed by atoms with van der Waals surface area (Å²) < 4.78 is 22.5. The van der Waals surface area contributed by atoms with E-state index in [-0.39, 0.29) is 6.10 Å². The molecule has 2 aliphatic heterocycles. The molecule has 28 heavy (non-hydrogen) atoms. The van der Waals surface area contributed by atoms with Crippen molar-refractivity contribution in [1.82, 2.24) is 0 Å². The van der Waals surface area contributed by atoms with E-state index < -0.39 is 0 Å². The Bertz CT molecular complexity index is 804. The maximum absolute atomic E-state index is 6.02. The highest BCUT2D eigenvalue weighted by atomic mass is 16.6. The Hall–Kier alpha value is -2.04. The number of ether oxygens (including phenoxy) is 4. The lowest BCUT2D eigenvalue weighted by molar-refractivity contribution is 0.260. The summed E-state index contributed by atoms with van der Waals surface area (Å²) in [5.41, 5.74) is 7.39. The minimum absolute atomic E-state index is 0.280. The number of hydrogen-bond donors (Lipinski definition) is 0. The maximum atomic E-state index is 6.02. The third-order valence-corrected chi connectivity index (χ3v) is 5.35. The summed E-state index contributed by atoms with van der Waals surface area (Å²) in [5.74, 6) is 2.01. The Balaban J connectivity index is 1.43. The lowest BCUT2D eigenvalue weighted by Gasteiger charge is -2.16. The van der Waals surface area contributed by atoms with E-state index in [1.54, 1.807) is 0 Å². The molecule has 4 rings (SSSR count). The molecule has 4 heteroatoms. The number of hydrogen-bond acceptors (Lipinski definition) is 4. The molecule has 0 radical (unpaired) electrons. The molecule has 0 spiro atoms. The first-order chi connectivity index (χ1) is 13.5. The van der Waals surface area contributed by atoms with E-state index in [9.17, 15) is 0 Å². The summed E-state index contributed by atoms with van der Waals surface area (Å²) in [7, 11) is 0. The van der Waals surface area contributed by atoms with E-state index in [0.29, 0.717) is 12.7 Å². The van der Waals surface area contributed by atoms with Gasteiger partial charge in [0.25, 0.3) is 0 Å². The topological polar surface area (TPSA) is 43.5 Å². The summed E-state index contributed by atoms with van der Waals surface area (Å²) >= 11 is 0. The second kappa shape index (κ2) is 8.14. The predicted molar refractivity (Wildman–Crippen MR) is 110 cm³/mol. The van der Waals surface area contributed by atoms with Gasteiger partial charge >= 0.3 is 0 Å². The summed E-state index contributed by atoms with van der Waals surface area (Å²) in [6.07, 6.45) is 2.57. The van der Waals surface area contributed by atoms with Crippen molar-refractivity contribution in [3.05, 3.63) is 57.6 Å². The molecule has 2 atom stereocenters. The van der Waals surface area contributed by atoms with Crippen LogP contribution in [-0.2, 0) is 15.9 Å². The van der Waals surface area contributed by atoms with Gasteiger partial charge in [0.15, 0.2) is 0 Å². The van der Waals surface area contributed by atoms with Crippen LogP contribution < -0.4 is 9.47 Å². The summed E-state index contributed by atoms with van der Waals surface area (Å²) in [6.45, 7) is 11.6. The second-order valence-corrected chi connectivity index (χ2v) is 8.15. The molecule has 2 aromatic carbocycles. The lowest BCUT2D eigenvalue weighted by atomic mass is 9.97. The Labute approximate surface area is 167 Å². The molecular weight excluding hydrogens is 352 g/mol. The van der Waals surface area contributed by atoms with Crippen molar-refractivity contribution in [2.24, 2.45) is 0 Å². The van der Waals surface area contributed by atoms with Crippen LogP contribution in [0.15, 0.2) is 24.3 Å². The van der Waals surface area contributed by atoms with E-state index in [1.807, 2.05) is 0 Å². The fraction of sp³-hybridized carbons (Fsp3) is 0.500. The fourth-order valence-corrected chi connectivity index (χ4v) is 3.84. The first-order valence-electron chi connectivity index (χ1n) is 10.2. The van der Waals surface area contributed by atoms with E-state index in [0.717, 1.165) is 44.2 Å². The van der Waals surface area contributed by atoms with Gasteiger partial charge in [0.2, 0.25) is 0 Å². The summed E-state index contributed by atoms with van der Waals surface area (Å²) in [4.78, 5) is 0. The molecule has 0 saturated carbocycles. The van der Waals surface area contributed by atoms with Gasteiger partial charge in [0.05, 0.1) is 25.9 Å². The monoisotopic (exact) mass is 382 g/mol. The normalized spacial score (nSPS) is 20.1. The van der Waals surface area contributed by atoms with Crippen molar-refractivity contribution in [3.63, 3.8) is 0 Å². The van der Waals surface area contributed by atoms with E-state index in [4.69, 9.17) is 18.9 Å². The molecule has 0 aromatic heterocycles. The first kappa shape index (κ1) is 19.3. The second-order valence-electron chi connectivity index (χ2n) is 8.15. The SMILES string of the molecule is Cc1cc(Cc2cc(C)c(OCC3CO3)c(C)c2)cc(C)c1OCCC1CO1. The maximum Gasteiger partial charge on any atom is 0.125 e. The van der Waals surface area contributed by atoms with Crippen molar-refractivity contribution in [2.75, 3.05) is 26.4 Å². The largest absolute Gasteiger partial charge is 0.493 e. The third kappa shape index (κ3) is 4.86. The van der Waals surface area contributed by atoms with Gasteiger partial charge in [-0.1, -0.05) is 24.3 Å². The Morgan fingerprint density at radius 1 is 0.750 bits per heavy atom. The summed E-state index contributed by atoms with van der Waals surface area (Å²) in [6, 6.07) is 8.96. The summed E-state index contributed by atoms with van der Waals surface area (Å²) in [5, 5.41) is 0. The molecule has 2 saturated heterocycles. The van der Waals surface area contributed by atoms with Crippen LogP contribution in [0.3, 0.4) is 0 Å². The number of epoxide rings is 2. The molecule has 4 nitrogen and oxygen atoms in total. The smallest absolute Gasteiger partial charge is 0.125 e. The molecule has 0 N–H and O–H groups in total. The fourth-order valence-electron chi connectivity index (χ4n) is 3.84. The molecule has 0 bridgehead atoms. The zero-order chi connectivity index (χ0) is 19.7. The van der Waals surface area contributed by atoms with Crippen molar-refractivity contribution < 1.29 is 18.9 Å². The average Bonchev–Trinajstić information content (AvgIpc) is 3.51. The average molecular weight is 383 g/mol. The molecule has 2 unspecified atom stereocenters. The van der Waals surface area contributed by atoms with Crippen LogP contribution >= 0.6 is 0 Å². The molecular formula is C24H30O4. The van der Waals surface area contributed by atoms with Gasteiger partial charge in [-0.15, -0.1) is 0 Å². The Morgan fingerprint density at radius 2 is 1.21 bits per heavy atom. The lowest BCUT2D eigenvalue weighted by Crippen LogP contribution is -2.07. The number of rotatable bonds is 9. The van der Waals surface area contributed by atoms with Crippen LogP contribution in [0.5, 0.6) is 11.5 Å². The molecule has 2 fully saturated rings. The van der Waals surface area contributed by atoms with E-state index in [1.165, 1.54) is 33.4 Å². The molecule has 0 aliphatic carbocycles. The van der Waals surface area contributed by atoms with Crippen molar-refractivity contribution in [1.29, 1.82) is 0 Å². The van der Waals surface area contributed by atoms with Crippen LogP contribution in [0.4, 0.5) is 0 Å². The molecule has 2 aromatic rings. The van der Waals surface area contributed by atoms with Gasteiger partial charge in [-0.3, -0.25) is 0 Å². The van der Waals surface area contributed by atoms with Gasteiger partial charge in [-0.05, 0) is 67.5 Å². The Kier molecular flexibility index (Phi) is 5.61. The van der Waals surface area contributed by atoms with Gasteiger partial charge in [-0.25, -0.2) is 0 Å². The van der Waals surface area contributed by atoms with Gasteiger partial charge < -0.3 is 18.9 Å². The van der Waals surface area contributed by atoms with E-state index >= 15 is 0 Å². The number of aryl methyl sites for hydroxylation is 4. The minimum Gasteiger partial charge on any atom is -0.493 e. The van der Waals surface area contributed by atoms with Crippen molar-refractivity contribution in [3.8, 4) is 11.5 Å². The molecule has 2 aliphatic rings. The van der Waals surface area contributed by atoms with Crippen LogP contribution in [0.2, 0.25) is 0 Å². The first-order valence-corrected chi connectivity index (χ1v) is 10.2. The quantitative estimate of drug-likeness (QED) is 0.601. The molecule has 150 valence electrons. The van der Waals surface area contributed by atoms with E-state index in [2.05, 4.69) is 52.0 Å². The minimum atomic E-state index is 0.280. The third-order valence-electron chi connectivity index (χ3n) is 5.35. The van der Waals surface area contributed by atoms with Crippen molar-refractivity contribution in [2.45, 2.75) is 52.7 Å². The van der Waals surface area contributed by atoms with Crippen LogP contribution in [-0.4, -0.2) is 38.6 Å². The van der Waals surface area contributed by atoms with Gasteiger partial charge in [0.1, 0.15) is 24.2 Å². The highest BCUT2D eigenvalue weighted by molar-refractivity contribution is 5.47. The molecule has 2 heterocycles. The van der Waals surface area contributed by atoms with Gasteiger partial charge in [-0.2, -0.15) is 0 Å². The van der Waals surface area contributed by atoms with Crippen molar-refractivity contribution >= 4 is 0 Å². The standard InChI is InChI=1S/C24H30O4/c1-15-7-19(8-16(2)23(15)25-6-5-21-12-26-21)11-20-9-17(3)24(18(4)10-20)28-14-22-13-27-22/h7-10,21-22H,5-6,11-14H2,1-4H3. The van der Waals surface area contributed by atoms with Crippen LogP contribution in [0, 0.1) is 27.7 Å². The Morgan fingerprint density at radius 3 is 1.68 bits per heavy atom. The zero-order valence-corrected chi connectivity index (χ0v) is 17.3. The van der Waals surface area contributed by atoms with Crippen LogP contribution in [0.1, 0.15) is 39.8 Å². The van der Waals surface area contributed by atoms with Crippen LogP contribution in [0.25, 0.3) is 0 Å². The highest BCUT2D eigenvalue weighted by Crippen LogP contribution is 2.30. The molecule has 0 amide bonds.